The van der Waals surface area contributed by atoms with E-state index in [9.17, 15) is 14.3 Å². The van der Waals surface area contributed by atoms with Gasteiger partial charge in [0.2, 0.25) is 0 Å². The zero-order valence-electron chi connectivity index (χ0n) is 16.4. The van der Waals surface area contributed by atoms with Crippen LogP contribution in [0.15, 0.2) is 16.9 Å². The maximum atomic E-state index is 14.5. The number of aliphatic hydroxyl groups is 1. The first-order valence-corrected chi connectivity index (χ1v) is 10.0. The van der Waals surface area contributed by atoms with E-state index in [2.05, 4.69) is 0 Å². The molecule has 0 bridgehead atoms. The minimum Gasteiger partial charge on any atom is -0.389 e. The molecule has 5 heteroatoms. The summed E-state index contributed by atoms with van der Waals surface area (Å²) in [7, 11) is 0. The summed E-state index contributed by atoms with van der Waals surface area (Å²) in [5.74, 6) is -0.218. The van der Waals surface area contributed by atoms with E-state index < -0.39 is 6.10 Å². The van der Waals surface area contributed by atoms with Crippen LogP contribution in [0.2, 0.25) is 0 Å². The van der Waals surface area contributed by atoms with Crippen LogP contribution in [0.5, 0.6) is 0 Å². The summed E-state index contributed by atoms with van der Waals surface area (Å²) in [5.41, 5.74) is 7.52. The highest BCUT2D eigenvalue weighted by atomic mass is 19.1. The number of benzene rings is 1. The molecule has 1 atom stereocenters. The highest BCUT2D eigenvalue weighted by molar-refractivity contribution is 5.92. The number of fused-ring (bicyclic) bond motifs is 4. The van der Waals surface area contributed by atoms with E-state index in [1.165, 1.54) is 11.6 Å². The number of aromatic nitrogens is 2. The average Bonchev–Trinajstić information content (AvgIpc) is 3.05. The van der Waals surface area contributed by atoms with Gasteiger partial charge in [0.25, 0.3) is 5.56 Å². The van der Waals surface area contributed by atoms with E-state index in [1.807, 2.05) is 19.9 Å². The molecule has 4 nitrogen and oxygen atoms in total. The molecular formula is C23H23FN2O2. The van der Waals surface area contributed by atoms with Crippen LogP contribution in [-0.2, 0) is 25.8 Å². The van der Waals surface area contributed by atoms with E-state index in [0.717, 1.165) is 47.2 Å². The summed E-state index contributed by atoms with van der Waals surface area (Å²) in [5, 5.41) is 11.3. The fourth-order valence-corrected chi connectivity index (χ4v) is 5.05. The number of hydrogen-bond acceptors (Lipinski definition) is 3. The van der Waals surface area contributed by atoms with E-state index in [4.69, 9.17) is 4.98 Å². The minimum atomic E-state index is -0.719. The maximum Gasteiger partial charge on any atom is 0.254 e. The van der Waals surface area contributed by atoms with Gasteiger partial charge in [-0.1, -0.05) is 6.92 Å². The summed E-state index contributed by atoms with van der Waals surface area (Å²) in [6.07, 6.45) is 2.63. The van der Waals surface area contributed by atoms with Gasteiger partial charge >= 0.3 is 0 Å². The Bertz CT molecular complexity index is 1220. The van der Waals surface area contributed by atoms with Gasteiger partial charge in [0.05, 0.1) is 29.6 Å². The van der Waals surface area contributed by atoms with Gasteiger partial charge in [-0.05, 0) is 67.9 Å². The first kappa shape index (κ1) is 17.6. The Morgan fingerprint density at radius 2 is 2.00 bits per heavy atom. The van der Waals surface area contributed by atoms with Crippen LogP contribution in [0.3, 0.4) is 0 Å². The lowest BCUT2D eigenvalue weighted by atomic mass is 9.85. The molecule has 1 unspecified atom stereocenters. The summed E-state index contributed by atoms with van der Waals surface area (Å²) in [4.78, 5) is 17.9. The number of rotatable bonds is 2. The largest absolute Gasteiger partial charge is 0.389 e. The fourth-order valence-electron chi connectivity index (χ4n) is 5.05. The summed E-state index contributed by atoms with van der Waals surface area (Å²) in [6.45, 7) is 5.97. The summed E-state index contributed by atoms with van der Waals surface area (Å²) >= 11 is 0. The van der Waals surface area contributed by atoms with Crippen molar-refractivity contribution >= 4 is 10.9 Å². The lowest BCUT2D eigenvalue weighted by molar-refractivity contribution is 0.198. The summed E-state index contributed by atoms with van der Waals surface area (Å²) in [6, 6.07) is 3.43. The third-order valence-electron chi connectivity index (χ3n) is 6.47. The number of aryl methyl sites for hydroxylation is 2. The van der Waals surface area contributed by atoms with Crippen LogP contribution in [0.4, 0.5) is 4.39 Å². The average molecular weight is 378 g/mol. The molecule has 0 amide bonds. The molecule has 0 spiro atoms. The maximum absolute atomic E-state index is 14.5. The lowest BCUT2D eigenvalue weighted by Crippen LogP contribution is -2.25. The van der Waals surface area contributed by atoms with Gasteiger partial charge in [0.15, 0.2) is 0 Å². The number of hydrogen-bond donors (Lipinski definition) is 1. The minimum absolute atomic E-state index is 0.0523. The summed E-state index contributed by atoms with van der Waals surface area (Å²) < 4.78 is 16.3. The van der Waals surface area contributed by atoms with Crippen LogP contribution in [0, 0.1) is 12.7 Å². The molecule has 3 heterocycles. The standard InChI is InChI=1S/C23H23FN2O2/c1-4-13-16(12(3)27)8-20-22-17(10-26(20)23(13)28)15-7-5-6-14-11(2)18(24)9-19(25-22)21(14)15/h8-9,12,27H,4-7,10H2,1-3H3. The highest BCUT2D eigenvalue weighted by Gasteiger charge is 2.30. The molecule has 1 aromatic carbocycles. The topological polar surface area (TPSA) is 55.1 Å². The molecule has 1 aliphatic carbocycles. The van der Waals surface area contributed by atoms with Crippen molar-refractivity contribution in [2.24, 2.45) is 0 Å². The molecule has 0 saturated heterocycles. The third-order valence-corrected chi connectivity index (χ3v) is 6.47. The molecule has 2 aliphatic rings. The Hall–Kier alpha value is -2.53. The highest BCUT2D eigenvalue weighted by Crippen LogP contribution is 2.41. The van der Waals surface area contributed by atoms with E-state index >= 15 is 0 Å². The molecule has 144 valence electrons. The number of aliphatic hydroxyl groups excluding tert-OH is 1. The Morgan fingerprint density at radius 3 is 2.71 bits per heavy atom. The van der Waals surface area contributed by atoms with Crippen LogP contribution >= 0.6 is 0 Å². The molecule has 1 aliphatic heterocycles. The van der Waals surface area contributed by atoms with Gasteiger partial charge in [-0.2, -0.15) is 0 Å². The van der Waals surface area contributed by atoms with Gasteiger partial charge in [0.1, 0.15) is 5.82 Å². The monoisotopic (exact) mass is 378 g/mol. The van der Waals surface area contributed by atoms with Crippen molar-refractivity contribution in [1.29, 1.82) is 0 Å². The van der Waals surface area contributed by atoms with E-state index in [-0.39, 0.29) is 11.4 Å². The molecule has 1 N–H and O–H groups in total. The Morgan fingerprint density at radius 1 is 1.25 bits per heavy atom. The Balaban J connectivity index is 1.87. The van der Waals surface area contributed by atoms with Gasteiger partial charge in [-0.3, -0.25) is 4.79 Å². The molecule has 0 saturated carbocycles. The molecule has 2 aromatic heterocycles. The first-order valence-electron chi connectivity index (χ1n) is 10.0. The molecule has 0 fully saturated rings. The van der Waals surface area contributed by atoms with Crippen molar-refractivity contribution < 1.29 is 9.50 Å². The second-order valence-corrected chi connectivity index (χ2v) is 8.01. The quantitative estimate of drug-likeness (QED) is 0.574. The van der Waals surface area contributed by atoms with E-state index in [1.54, 1.807) is 11.5 Å². The molecule has 28 heavy (non-hydrogen) atoms. The Labute approximate surface area is 162 Å². The van der Waals surface area contributed by atoms with Gasteiger partial charge in [-0.25, -0.2) is 9.37 Å². The molecule has 5 rings (SSSR count). The fraction of sp³-hybridized carbons (Fsp3) is 0.391. The van der Waals surface area contributed by atoms with Crippen molar-refractivity contribution in [2.45, 2.75) is 59.1 Å². The number of pyridine rings is 2. The smallest absolute Gasteiger partial charge is 0.254 e. The number of halogens is 1. The van der Waals surface area contributed by atoms with Crippen molar-refractivity contribution in [2.75, 3.05) is 0 Å². The Kier molecular flexibility index (Phi) is 3.75. The van der Waals surface area contributed by atoms with Crippen LogP contribution in [0.1, 0.15) is 59.8 Å². The molecular weight excluding hydrogens is 355 g/mol. The van der Waals surface area contributed by atoms with Crippen molar-refractivity contribution in [3.05, 3.63) is 61.7 Å². The molecule has 0 radical (unpaired) electrons. The predicted molar refractivity (Wildman–Crippen MR) is 107 cm³/mol. The van der Waals surface area contributed by atoms with E-state index in [0.29, 0.717) is 35.2 Å². The third kappa shape index (κ3) is 2.20. The molecule has 3 aromatic rings. The van der Waals surface area contributed by atoms with Crippen molar-refractivity contribution in [3.8, 4) is 11.4 Å². The van der Waals surface area contributed by atoms with Crippen LogP contribution in [0.25, 0.3) is 22.3 Å². The second kappa shape index (κ2) is 5.98. The predicted octanol–water partition coefficient (Wildman–Crippen LogP) is 3.98. The van der Waals surface area contributed by atoms with Crippen LogP contribution in [-0.4, -0.2) is 14.7 Å². The SMILES string of the molecule is CCc1c(C(C)O)cc2n(c1=O)Cc1c-2nc2cc(F)c(C)c3c2c1CCC3. The zero-order valence-corrected chi connectivity index (χ0v) is 16.4. The normalized spacial score (nSPS) is 15.6. The van der Waals surface area contributed by atoms with Gasteiger partial charge in [0, 0.05) is 22.6 Å². The zero-order chi connectivity index (χ0) is 19.7. The van der Waals surface area contributed by atoms with Crippen molar-refractivity contribution in [1.82, 2.24) is 9.55 Å². The lowest BCUT2D eigenvalue weighted by Gasteiger charge is -2.21. The van der Waals surface area contributed by atoms with Crippen LogP contribution < -0.4 is 5.56 Å². The first-order chi connectivity index (χ1) is 13.4. The number of nitrogens with zero attached hydrogens (tertiary/aromatic N) is 2. The van der Waals surface area contributed by atoms with Crippen molar-refractivity contribution in [3.63, 3.8) is 0 Å². The van der Waals surface area contributed by atoms with Gasteiger partial charge in [-0.15, -0.1) is 0 Å². The van der Waals surface area contributed by atoms with Gasteiger partial charge < -0.3 is 9.67 Å². The second-order valence-electron chi connectivity index (χ2n) is 8.01.